The molecular weight excluding hydrogens is 272 g/mol. The largest absolute Gasteiger partial charge is 0.396 e. The molecule has 0 fully saturated rings. The Morgan fingerprint density at radius 1 is 0.667 bits per heavy atom. The molecule has 0 spiro atoms. The average Bonchev–Trinajstić information content (AvgIpc) is 2.38. The van der Waals surface area contributed by atoms with Crippen LogP contribution < -0.4 is 0 Å². The molecule has 0 rings (SSSR count). The summed E-state index contributed by atoms with van der Waals surface area (Å²) < 4.78 is 16.9. The summed E-state index contributed by atoms with van der Waals surface area (Å²) in [5, 5.41) is 17.9. The van der Waals surface area contributed by atoms with Crippen molar-refractivity contribution in [3.8, 4) is 0 Å². The third-order valence-corrected chi connectivity index (χ3v) is 3.33. The number of rotatable bonds is 14. The van der Waals surface area contributed by atoms with Crippen molar-refractivity contribution in [2.45, 2.75) is 77.8 Å². The number of aliphatic hydroxyl groups excluding tert-OH is 2. The van der Waals surface area contributed by atoms with E-state index in [1.54, 1.807) is 6.92 Å². The van der Waals surface area contributed by atoms with Gasteiger partial charge in [-0.05, 0) is 53.4 Å². The van der Waals surface area contributed by atoms with Gasteiger partial charge in [0.2, 0.25) is 0 Å². The standard InChI is InChI=1S/C16H34O5/c1-13(18)6-10-19-15(3)8-12-21-16(4)7-11-20-14(2)5-9-17/h13-18H,5-12H2,1-4H3. The van der Waals surface area contributed by atoms with Gasteiger partial charge >= 0.3 is 0 Å². The predicted octanol–water partition coefficient (Wildman–Crippen LogP) is 2.14. The van der Waals surface area contributed by atoms with E-state index in [2.05, 4.69) is 0 Å². The Morgan fingerprint density at radius 3 is 1.43 bits per heavy atom. The molecule has 0 heterocycles. The zero-order valence-electron chi connectivity index (χ0n) is 14.1. The van der Waals surface area contributed by atoms with E-state index >= 15 is 0 Å². The second-order valence-corrected chi connectivity index (χ2v) is 5.77. The minimum atomic E-state index is -0.304. The molecule has 5 nitrogen and oxygen atoms in total. The molecule has 0 saturated carbocycles. The Labute approximate surface area is 129 Å². The van der Waals surface area contributed by atoms with E-state index in [9.17, 15) is 0 Å². The monoisotopic (exact) mass is 306 g/mol. The first kappa shape index (κ1) is 20.8. The van der Waals surface area contributed by atoms with Gasteiger partial charge in [-0.3, -0.25) is 0 Å². The maximum Gasteiger partial charge on any atom is 0.0568 e. The summed E-state index contributed by atoms with van der Waals surface area (Å²) in [6.07, 6.45) is 3.17. The van der Waals surface area contributed by atoms with Crippen LogP contribution in [0, 0.1) is 0 Å². The maximum absolute atomic E-state index is 9.14. The smallest absolute Gasteiger partial charge is 0.0568 e. The summed E-state index contributed by atoms with van der Waals surface area (Å²) in [5.74, 6) is 0. The second-order valence-electron chi connectivity index (χ2n) is 5.77. The molecule has 128 valence electrons. The van der Waals surface area contributed by atoms with E-state index < -0.39 is 0 Å². The molecule has 0 amide bonds. The highest BCUT2D eigenvalue weighted by Gasteiger charge is 2.08. The molecule has 4 unspecified atom stereocenters. The Morgan fingerprint density at radius 2 is 1.05 bits per heavy atom. The first-order chi connectivity index (χ1) is 9.95. The molecule has 0 aromatic carbocycles. The number of hydrogen-bond acceptors (Lipinski definition) is 5. The Balaban J connectivity index is 3.45. The molecule has 0 aromatic rings. The van der Waals surface area contributed by atoms with Crippen LogP contribution in [0.25, 0.3) is 0 Å². The maximum atomic E-state index is 9.14. The van der Waals surface area contributed by atoms with Gasteiger partial charge in [0.25, 0.3) is 0 Å². The van der Waals surface area contributed by atoms with Crippen LogP contribution in [-0.2, 0) is 14.2 Å². The van der Waals surface area contributed by atoms with E-state index in [1.165, 1.54) is 0 Å². The topological polar surface area (TPSA) is 68.2 Å². The van der Waals surface area contributed by atoms with E-state index in [-0.39, 0.29) is 31.0 Å². The predicted molar refractivity (Wildman–Crippen MR) is 83.5 cm³/mol. The van der Waals surface area contributed by atoms with Crippen LogP contribution in [0.15, 0.2) is 0 Å². The minimum absolute atomic E-state index is 0.101. The summed E-state index contributed by atoms with van der Waals surface area (Å²) in [5.41, 5.74) is 0. The average molecular weight is 306 g/mol. The van der Waals surface area contributed by atoms with Gasteiger partial charge in [-0.25, -0.2) is 0 Å². The van der Waals surface area contributed by atoms with E-state index in [0.717, 1.165) is 12.8 Å². The molecule has 4 atom stereocenters. The molecule has 0 radical (unpaired) electrons. The lowest BCUT2D eigenvalue weighted by Gasteiger charge is -2.18. The molecule has 0 saturated heterocycles. The highest BCUT2D eigenvalue weighted by molar-refractivity contribution is 4.56. The molecule has 0 aliphatic carbocycles. The fraction of sp³-hybridized carbons (Fsp3) is 1.00. The molecule has 0 bridgehead atoms. The van der Waals surface area contributed by atoms with Crippen LogP contribution in [0.3, 0.4) is 0 Å². The minimum Gasteiger partial charge on any atom is -0.396 e. The zero-order valence-corrected chi connectivity index (χ0v) is 14.1. The third-order valence-electron chi connectivity index (χ3n) is 3.33. The molecule has 0 aliphatic rings. The summed E-state index contributed by atoms with van der Waals surface area (Å²) >= 11 is 0. The molecule has 0 aromatic heterocycles. The molecular formula is C16H34O5. The van der Waals surface area contributed by atoms with Gasteiger partial charge < -0.3 is 24.4 Å². The number of hydrogen-bond donors (Lipinski definition) is 2. The lowest BCUT2D eigenvalue weighted by atomic mass is 10.2. The van der Waals surface area contributed by atoms with Crippen LogP contribution in [0.1, 0.15) is 53.4 Å². The highest BCUT2D eigenvalue weighted by Crippen LogP contribution is 2.05. The fourth-order valence-corrected chi connectivity index (χ4v) is 1.74. The van der Waals surface area contributed by atoms with Crippen molar-refractivity contribution >= 4 is 0 Å². The Bertz CT molecular complexity index is 223. The molecule has 21 heavy (non-hydrogen) atoms. The van der Waals surface area contributed by atoms with Gasteiger partial charge in [-0.2, -0.15) is 0 Å². The van der Waals surface area contributed by atoms with Gasteiger partial charge in [0.05, 0.1) is 24.4 Å². The normalized spacial score (nSPS) is 17.4. The van der Waals surface area contributed by atoms with Gasteiger partial charge in [-0.15, -0.1) is 0 Å². The molecule has 2 N–H and O–H groups in total. The summed E-state index contributed by atoms with van der Waals surface area (Å²) in [4.78, 5) is 0. The molecule has 0 aliphatic heterocycles. The van der Waals surface area contributed by atoms with Gasteiger partial charge in [0.15, 0.2) is 0 Å². The van der Waals surface area contributed by atoms with Crippen LogP contribution in [0.2, 0.25) is 0 Å². The first-order valence-corrected chi connectivity index (χ1v) is 8.09. The van der Waals surface area contributed by atoms with Crippen molar-refractivity contribution in [2.24, 2.45) is 0 Å². The van der Waals surface area contributed by atoms with Crippen molar-refractivity contribution in [2.75, 3.05) is 26.4 Å². The third kappa shape index (κ3) is 14.5. The Hall–Kier alpha value is -0.200. The number of aliphatic hydroxyl groups is 2. The van der Waals surface area contributed by atoms with Crippen molar-refractivity contribution < 1.29 is 24.4 Å². The first-order valence-electron chi connectivity index (χ1n) is 8.09. The van der Waals surface area contributed by atoms with Crippen LogP contribution in [0.5, 0.6) is 0 Å². The molecule has 5 heteroatoms. The summed E-state index contributed by atoms with van der Waals surface area (Å²) in [6.45, 7) is 9.88. The Kier molecular flexibility index (Phi) is 13.3. The fourth-order valence-electron chi connectivity index (χ4n) is 1.74. The van der Waals surface area contributed by atoms with Gasteiger partial charge in [0, 0.05) is 26.4 Å². The van der Waals surface area contributed by atoms with Crippen LogP contribution in [0.4, 0.5) is 0 Å². The van der Waals surface area contributed by atoms with Gasteiger partial charge in [0.1, 0.15) is 0 Å². The van der Waals surface area contributed by atoms with Crippen molar-refractivity contribution in [3.63, 3.8) is 0 Å². The van der Waals surface area contributed by atoms with Crippen molar-refractivity contribution in [1.82, 2.24) is 0 Å². The summed E-state index contributed by atoms with van der Waals surface area (Å²) in [7, 11) is 0. The van der Waals surface area contributed by atoms with Crippen LogP contribution >= 0.6 is 0 Å². The highest BCUT2D eigenvalue weighted by atomic mass is 16.5. The van der Waals surface area contributed by atoms with Crippen LogP contribution in [-0.4, -0.2) is 61.1 Å². The van der Waals surface area contributed by atoms with Crippen molar-refractivity contribution in [3.05, 3.63) is 0 Å². The van der Waals surface area contributed by atoms with E-state index in [1.807, 2.05) is 20.8 Å². The van der Waals surface area contributed by atoms with E-state index in [0.29, 0.717) is 32.7 Å². The SMILES string of the molecule is CC(O)CCOC(C)CCOC(C)CCOC(C)CCO. The van der Waals surface area contributed by atoms with Crippen molar-refractivity contribution in [1.29, 1.82) is 0 Å². The second kappa shape index (κ2) is 13.5. The quantitative estimate of drug-likeness (QED) is 0.514. The van der Waals surface area contributed by atoms with Gasteiger partial charge in [-0.1, -0.05) is 0 Å². The zero-order chi connectivity index (χ0) is 16.1. The lowest BCUT2D eigenvalue weighted by Crippen LogP contribution is -2.19. The lowest BCUT2D eigenvalue weighted by molar-refractivity contribution is -0.0159. The number of ether oxygens (including phenoxy) is 3. The summed E-state index contributed by atoms with van der Waals surface area (Å²) in [6, 6.07) is 0. The van der Waals surface area contributed by atoms with E-state index in [4.69, 9.17) is 24.4 Å².